The Hall–Kier alpha value is -1.35. The number of hydrogen-bond acceptors (Lipinski definition) is 2. The number of benzene rings is 1. The lowest BCUT2D eigenvalue weighted by molar-refractivity contribution is 0.654. The van der Waals surface area contributed by atoms with Crippen molar-refractivity contribution in [1.82, 2.24) is 9.55 Å². The van der Waals surface area contributed by atoms with Crippen LogP contribution in [0.25, 0.3) is 11.0 Å². The van der Waals surface area contributed by atoms with Crippen LogP contribution in [0.3, 0.4) is 0 Å². The molecule has 0 spiro atoms. The highest BCUT2D eigenvalue weighted by Crippen LogP contribution is 2.40. The minimum Gasteiger partial charge on any atom is -0.326 e. The summed E-state index contributed by atoms with van der Waals surface area (Å²) in [6, 6.07) is 7.05. The van der Waals surface area contributed by atoms with Crippen molar-refractivity contribution in [2.75, 3.05) is 0 Å². The van der Waals surface area contributed by atoms with Crippen LogP contribution in [0.15, 0.2) is 18.2 Å². The predicted molar refractivity (Wildman–Crippen MR) is 70.0 cm³/mol. The molecule has 0 unspecified atom stereocenters. The van der Waals surface area contributed by atoms with Crippen LogP contribution in [0.5, 0.6) is 0 Å². The average Bonchev–Trinajstić information content (AvgIpc) is 3.08. The van der Waals surface area contributed by atoms with Crippen LogP contribution >= 0.6 is 0 Å². The van der Waals surface area contributed by atoms with Gasteiger partial charge in [0.25, 0.3) is 0 Å². The molecule has 1 saturated carbocycles. The summed E-state index contributed by atoms with van der Waals surface area (Å²) in [7, 11) is 0. The van der Waals surface area contributed by atoms with Gasteiger partial charge in [0.2, 0.25) is 0 Å². The van der Waals surface area contributed by atoms with Crippen LogP contribution in [0, 0.1) is 0 Å². The standard InChI is InChI=1S/C14H19N3/c1-9(2)14-16-12-6-3-10(8-15)7-13(12)17(14)11-4-5-11/h3,6-7,9,11H,4-5,8,15H2,1-2H3. The molecule has 2 aromatic rings. The number of imidazole rings is 1. The topological polar surface area (TPSA) is 43.8 Å². The van der Waals surface area contributed by atoms with E-state index in [2.05, 4.69) is 36.6 Å². The molecule has 1 aromatic heterocycles. The molecule has 0 atom stereocenters. The van der Waals surface area contributed by atoms with Crippen LogP contribution in [-0.2, 0) is 6.54 Å². The quantitative estimate of drug-likeness (QED) is 0.879. The van der Waals surface area contributed by atoms with Crippen LogP contribution in [0.2, 0.25) is 0 Å². The van der Waals surface area contributed by atoms with E-state index in [4.69, 9.17) is 10.7 Å². The van der Waals surface area contributed by atoms with Gasteiger partial charge in [-0.25, -0.2) is 4.98 Å². The third-order valence-corrected chi connectivity index (χ3v) is 3.45. The van der Waals surface area contributed by atoms with Crippen molar-refractivity contribution in [3.05, 3.63) is 29.6 Å². The molecule has 1 aliphatic carbocycles. The maximum Gasteiger partial charge on any atom is 0.112 e. The van der Waals surface area contributed by atoms with Crippen LogP contribution in [-0.4, -0.2) is 9.55 Å². The van der Waals surface area contributed by atoms with Gasteiger partial charge < -0.3 is 10.3 Å². The summed E-state index contributed by atoms with van der Waals surface area (Å²) in [4.78, 5) is 4.77. The Labute approximate surface area is 102 Å². The van der Waals surface area contributed by atoms with E-state index in [1.54, 1.807) is 0 Å². The van der Waals surface area contributed by atoms with Gasteiger partial charge in [0, 0.05) is 18.5 Å². The van der Waals surface area contributed by atoms with Gasteiger partial charge in [0.15, 0.2) is 0 Å². The van der Waals surface area contributed by atoms with Crippen molar-refractivity contribution in [2.24, 2.45) is 5.73 Å². The van der Waals surface area contributed by atoms with Crippen molar-refractivity contribution in [3.8, 4) is 0 Å². The van der Waals surface area contributed by atoms with Crippen molar-refractivity contribution in [2.45, 2.75) is 45.2 Å². The zero-order chi connectivity index (χ0) is 12.0. The van der Waals surface area contributed by atoms with Crippen LogP contribution in [0.4, 0.5) is 0 Å². The van der Waals surface area contributed by atoms with Gasteiger partial charge >= 0.3 is 0 Å². The molecule has 3 nitrogen and oxygen atoms in total. The minimum absolute atomic E-state index is 0.476. The van der Waals surface area contributed by atoms with E-state index in [1.165, 1.54) is 29.7 Å². The van der Waals surface area contributed by atoms with E-state index in [9.17, 15) is 0 Å². The summed E-state index contributed by atoms with van der Waals surface area (Å²) in [5.74, 6) is 1.70. The van der Waals surface area contributed by atoms with Gasteiger partial charge in [0.05, 0.1) is 11.0 Å². The molecule has 0 saturated heterocycles. The molecule has 1 aliphatic rings. The van der Waals surface area contributed by atoms with Crippen molar-refractivity contribution in [3.63, 3.8) is 0 Å². The van der Waals surface area contributed by atoms with E-state index in [-0.39, 0.29) is 0 Å². The van der Waals surface area contributed by atoms with Gasteiger partial charge in [-0.2, -0.15) is 0 Å². The average molecular weight is 229 g/mol. The third kappa shape index (κ3) is 1.75. The lowest BCUT2D eigenvalue weighted by Gasteiger charge is -2.10. The molecule has 1 heterocycles. The largest absolute Gasteiger partial charge is 0.326 e. The number of nitrogens with zero attached hydrogens (tertiary/aromatic N) is 2. The molecule has 3 heteroatoms. The smallest absolute Gasteiger partial charge is 0.112 e. The lowest BCUT2D eigenvalue weighted by atomic mass is 10.2. The van der Waals surface area contributed by atoms with Crippen LogP contribution < -0.4 is 5.73 Å². The second-order valence-electron chi connectivity index (χ2n) is 5.25. The summed E-state index contributed by atoms with van der Waals surface area (Å²) < 4.78 is 2.43. The molecule has 0 amide bonds. The van der Waals surface area contributed by atoms with Gasteiger partial charge in [-0.1, -0.05) is 19.9 Å². The molecule has 3 rings (SSSR count). The van der Waals surface area contributed by atoms with E-state index < -0.39 is 0 Å². The molecule has 17 heavy (non-hydrogen) atoms. The Kier molecular flexibility index (Phi) is 2.44. The number of nitrogens with two attached hydrogens (primary N) is 1. The van der Waals surface area contributed by atoms with Crippen molar-refractivity contribution >= 4 is 11.0 Å². The first kappa shape index (κ1) is 10.8. The van der Waals surface area contributed by atoms with E-state index in [0.29, 0.717) is 18.5 Å². The first-order valence-corrected chi connectivity index (χ1v) is 6.41. The minimum atomic E-state index is 0.476. The fourth-order valence-corrected chi connectivity index (χ4v) is 2.41. The normalized spacial score (nSPS) is 16.0. The van der Waals surface area contributed by atoms with E-state index in [1.807, 2.05) is 0 Å². The van der Waals surface area contributed by atoms with Gasteiger partial charge in [-0.3, -0.25) is 0 Å². The number of aromatic nitrogens is 2. The highest BCUT2D eigenvalue weighted by atomic mass is 15.1. The first-order chi connectivity index (χ1) is 8.20. The predicted octanol–water partition coefficient (Wildman–Crippen LogP) is 2.95. The molecular formula is C14H19N3. The second kappa shape index (κ2) is 3.84. The molecular weight excluding hydrogens is 210 g/mol. The van der Waals surface area contributed by atoms with E-state index in [0.717, 1.165) is 5.52 Å². The Morgan fingerprint density at radius 3 is 2.76 bits per heavy atom. The summed E-state index contributed by atoms with van der Waals surface area (Å²) in [5, 5.41) is 0. The van der Waals surface area contributed by atoms with Crippen LogP contribution in [0.1, 0.15) is 50.0 Å². The maximum atomic E-state index is 5.72. The summed E-state index contributed by atoms with van der Waals surface area (Å²) in [5.41, 5.74) is 9.28. The fourth-order valence-electron chi connectivity index (χ4n) is 2.41. The molecule has 1 fully saturated rings. The van der Waals surface area contributed by atoms with Gasteiger partial charge in [-0.15, -0.1) is 0 Å². The third-order valence-electron chi connectivity index (χ3n) is 3.45. The highest BCUT2D eigenvalue weighted by molar-refractivity contribution is 5.77. The highest BCUT2D eigenvalue weighted by Gasteiger charge is 2.28. The van der Waals surface area contributed by atoms with Crippen molar-refractivity contribution < 1.29 is 0 Å². The molecule has 2 N–H and O–H groups in total. The Morgan fingerprint density at radius 2 is 2.18 bits per heavy atom. The molecule has 0 bridgehead atoms. The second-order valence-corrected chi connectivity index (χ2v) is 5.25. The van der Waals surface area contributed by atoms with E-state index >= 15 is 0 Å². The summed E-state index contributed by atoms with van der Waals surface area (Å²) in [6.07, 6.45) is 2.58. The monoisotopic (exact) mass is 229 g/mol. The Balaban J connectivity index is 2.24. The summed E-state index contributed by atoms with van der Waals surface area (Å²) in [6.45, 7) is 5.02. The molecule has 0 aliphatic heterocycles. The molecule has 1 aromatic carbocycles. The number of rotatable bonds is 3. The number of fused-ring (bicyclic) bond motifs is 1. The SMILES string of the molecule is CC(C)c1nc2ccc(CN)cc2n1C1CC1. The Bertz CT molecular complexity index is 550. The van der Waals surface area contributed by atoms with Crippen molar-refractivity contribution in [1.29, 1.82) is 0 Å². The van der Waals surface area contributed by atoms with Gasteiger partial charge in [0.1, 0.15) is 5.82 Å². The first-order valence-electron chi connectivity index (χ1n) is 6.41. The zero-order valence-electron chi connectivity index (χ0n) is 10.5. The lowest BCUT2D eigenvalue weighted by Crippen LogP contribution is -2.03. The molecule has 0 radical (unpaired) electrons. The zero-order valence-corrected chi connectivity index (χ0v) is 10.5. The van der Waals surface area contributed by atoms with Gasteiger partial charge in [-0.05, 0) is 30.5 Å². The Morgan fingerprint density at radius 1 is 1.41 bits per heavy atom. The maximum absolute atomic E-state index is 5.72. The summed E-state index contributed by atoms with van der Waals surface area (Å²) >= 11 is 0. The molecule has 90 valence electrons. The fraction of sp³-hybridized carbons (Fsp3) is 0.500. The number of hydrogen-bond donors (Lipinski definition) is 1.